The molecule has 3 rings (SSSR count). The molecule has 2 aromatic rings. The molecule has 0 aliphatic carbocycles. The van der Waals surface area contributed by atoms with Gasteiger partial charge in [-0.05, 0) is 43.0 Å². The maximum Gasteiger partial charge on any atom is 0.335 e. The molecule has 24 heavy (non-hydrogen) atoms. The molecule has 1 aromatic carbocycles. The number of piperidine rings is 1. The SMILES string of the molecule is CCc1ncc(CN2CCC[C@@H](c3cccc(C(=O)O)c3)C2)cn1. The number of aryl methyl sites for hydroxylation is 1. The van der Waals surface area contributed by atoms with Crippen LogP contribution in [0.3, 0.4) is 0 Å². The van der Waals surface area contributed by atoms with Gasteiger partial charge in [0.05, 0.1) is 5.56 Å². The third-order valence-corrected chi connectivity index (χ3v) is 4.59. The lowest BCUT2D eigenvalue weighted by atomic mass is 9.89. The van der Waals surface area contributed by atoms with Gasteiger partial charge in [0.2, 0.25) is 0 Å². The van der Waals surface area contributed by atoms with Crippen LogP contribution in [-0.2, 0) is 13.0 Å². The molecular weight excluding hydrogens is 302 g/mol. The lowest BCUT2D eigenvalue weighted by molar-refractivity contribution is 0.0696. The van der Waals surface area contributed by atoms with Gasteiger partial charge in [0.15, 0.2) is 0 Å². The van der Waals surface area contributed by atoms with Crippen molar-refractivity contribution < 1.29 is 9.90 Å². The fourth-order valence-electron chi connectivity index (χ4n) is 3.30. The Balaban J connectivity index is 1.67. The lowest BCUT2D eigenvalue weighted by Crippen LogP contribution is -2.34. The highest BCUT2D eigenvalue weighted by Crippen LogP contribution is 2.28. The molecule has 0 saturated carbocycles. The van der Waals surface area contributed by atoms with Crippen molar-refractivity contribution in [2.75, 3.05) is 13.1 Å². The summed E-state index contributed by atoms with van der Waals surface area (Å²) in [5.41, 5.74) is 2.62. The van der Waals surface area contributed by atoms with Gasteiger partial charge in [0.25, 0.3) is 0 Å². The van der Waals surface area contributed by atoms with E-state index >= 15 is 0 Å². The molecule has 1 fully saturated rings. The number of carboxylic acid groups (broad SMARTS) is 1. The van der Waals surface area contributed by atoms with Crippen LogP contribution in [0.15, 0.2) is 36.7 Å². The zero-order valence-corrected chi connectivity index (χ0v) is 14.0. The average Bonchev–Trinajstić information content (AvgIpc) is 2.63. The van der Waals surface area contributed by atoms with Gasteiger partial charge in [0.1, 0.15) is 5.82 Å². The summed E-state index contributed by atoms with van der Waals surface area (Å²) in [6.07, 6.45) is 6.91. The van der Waals surface area contributed by atoms with Crippen molar-refractivity contribution in [2.45, 2.75) is 38.6 Å². The molecule has 1 aliphatic rings. The van der Waals surface area contributed by atoms with E-state index in [0.717, 1.165) is 55.8 Å². The Morgan fingerprint density at radius 1 is 1.33 bits per heavy atom. The molecule has 5 heteroatoms. The lowest BCUT2D eigenvalue weighted by Gasteiger charge is -2.33. The minimum absolute atomic E-state index is 0.369. The molecule has 1 aromatic heterocycles. The fraction of sp³-hybridized carbons (Fsp3) is 0.421. The number of hydrogen-bond acceptors (Lipinski definition) is 4. The first-order chi connectivity index (χ1) is 11.7. The van der Waals surface area contributed by atoms with Crippen molar-refractivity contribution in [3.05, 3.63) is 59.2 Å². The van der Waals surface area contributed by atoms with Crippen LogP contribution in [-0.4, -0.2) is 39.0 Å². The van der Waals surface area contributed by atoms with Crippen molar-refractivity contribution in [3.8, 4) is 0 Å². The van der Waals surface area contributed by atoms with E-state index in [-0.39, 0.29) is 0 Å². The Morgan fingerprint density at radius 3 is 2.83 bits per heavy atom. The number of rotatable bonds is 5. The molecule has 1 atom stereocenters. The van der Waals surface area contributed by atoms with Gasteiger partial charge < -0.3 is 5.11 Å². The van der Waals surface area contributed by atoms with E-state index in [0.29, 0.717) is 11.5 Å². The molecule has 1 N–H and O–H groups in total. The second-order valence-corrected chi connectivity index (χ2v) is 6.37. The van der Waals surface area contributed by atoms with E-state index in [1.165, 1.54) is 0 Å². The van der Waals surface area contributed by atoms with Crippen molar-refractivity contribution in [3.63, 3.8) is 0 Å². The predicted octanol–water partition coefficient (Wildman–Crippen LogP) is 3.12. The normalized spacial score (nSPS) is 18.5. The first-order valence-corrected chi connectivity index (χ1v) is 8.51. The van der Waals surface area contributed by atoms with E-state index in [1.54, 1.807) is 6.07 Å². The third kappa shape index (κ3) is 3.97. The zero-order chi connectivity index (χ0) is 16.9. The molecule has 126 valence electrons. The summed E-state index contributed by atoms with van der Waals surface area (Å²) in [4.78, 5) is 22.3. The highest BCUT2D eigenvalue weighted by molar-refractivity contribution is 5.87. The molecule has 0 bridgehead atoms. The topological polar surface area (TPSA) is 66.3 Å². The van der Waals surface area contributed by atoms with Crippen LogP contribution in [0.2, 0.25) is 0 Å². The van der Waals surface area contributed by atoms with Crippen LogP contribution in [0.25, 0.3) is 0 Å². The Kier molecular flexibility index (Phi) is 5.20. The number of hydrogen-bond donors (Lipinski definition) is 1. The fourth-order valence-corrected chi connectivity index (χ4v) is 3.30. The average molecular weight is 325 g/mol. The molecule has 0 radical (unpaired) electrons. The first-order valence-electron chi connectivity index (χ1n) is 8.51. The Morgan fingerprint density at radius 2 is 2.12 bits per heavy atom. The minimum atomic E-state index is -0.863. The number of aromatic nitrogens is 2. The molecule has 0 amide bonds. The third-order valence-electron chi connectivity index (χ3n) is 4.59. The number of nitrogens with zero attached hydrogens (tertiary/aromatic N) is 3. The quantitative estimate of drug-likeness (QED) is 0.915. The van der Waals surface area contributed by atoms with Crippen molar-refractivity contribution >= 4 is 5.97 Å². The minimum Gasteiger partial charge on any atom is -0.478 e. The van der Waals surface area contributed by atoms with Crippen LogP contribution in [0.4, 0.5) is 0 Å². The molecule has 1 aliphatic heterocycles. The summed E-state index contributed by atoms with van der Waals surface area (Å²) >= 11 is 0. The first kappa shape index (κ1) is 16.6. The molecule has 1 saturated heterocycles. The van der Waals surface area contributed by atoms with E-state index in [9.17, 15) is 9.90 Å². The predicted molar refractivity (Wildman–Crippen MR) is 92.1 cm³/mol. The van der Waals surface area contributed by atoms with Gasteiger partial charge >= 0.3 is 5.97 Å². The smallest absolute Gasteiger partial charge is 0.335 e. The molecule has 5 nitrogen and oxygen atoms in total. The summed E-state index contributed by atoms with van der Waals surface area (Å²) in [5.74, 6) is 0.396. The Bertz CT molecular complexity index is 700. The van der Waals surface area contributed by atoms with Crippen molar-refractivity contribution in [1.29, 1.82) is 0 Å². The van der Waals surface area contributed by atoms with E-state index in [2.05, 4.69) is 21.8 Å². The number of likely N-dealkylation sites (tertiary alicyclic amines) is 1. The number of carbonyl (C=O) groups is 1. The maximum absolute atomic E-state index is 11.2. The van der Waals surface area contributed by atoms with E-state index < -0.39 is 5.97 Å². The van der Waals surface area contributed by atoms with Gasteiger partial charge in [0, 0.05) is 37.5 Å². The summed E-state index contributed by atoms with van der Waals surface area (Å²) in [6, 6.07) is 7.35. The van der Waals surface area contributed by atoms with Gasteiger partial charge in [-0.25, -0.2) is 14.8 Å². The molecular formula is C19H23N3O2. The standard InChI is InChI=1S/C19H23N3O2/c1-2-18-20-10-14(11-21-18)12-22-8-4-7-17(13-22)15-5-3-6-16(9-15)19(23)24/h3,5-6,9-11,17H,2,4,7-8,12-13H2,1H3,(H,23,24)/t17-/m1/s1. The Labute approximate surface area is 142 Å². The Hall–Kier alpha value is -2.27. The summed E-state index contributed by atoms with van der Waals surface area (Å²) < 4.78 is 0. The summed E-state index contributed by atoms with van der Waals surface area (Å²) in [7, 11) is 0. The van der Waals surface area contributed by atoms with Crippen molar-refractivity contribution in [1.82, 2.24) is 14.9 Å². The summed E-state index contributed by atoms with van der Waals surface area (Å²) in [5, 5.41) is 9.17. The molecule has 2 heterocycles. The second kappa shape index (κ2) is 7.53. The van der Waals surface area contributed by atoms with Crippen LogP contribution in [0, 0.1) is 0 Å². The van der Waals surface area contributed by atoms with Crippen LogP contribution in [0.5, 0.6) is 0 Å². The van der Waals surface area contributed by atoms with Crippen LogP contribution < -0.4 is 0 Å². The zero-order valence-electron chi connectivity index (χ0n) is 14.0. The van der Waals surface area contributed by atoms with Crippen LogP contribution >= 0.6 is 0 Å². The highest BCUT2D eigenvalue weighted by Gasteiger charge is 2.22. The van der Waals surface area contributed by atoms with Crippen molar-refractivity contribution in [2.24, 2.45) is 0 Å². The van der Waals surface area contributed by atoms with Gasteiger partial charge in [-0.15, -0.1) is 0 Å². The summed E-state index contributed by atoms with van der Waals surface area (Å²) in [6.45, 7) is 4.90. The monoisotopic (exact) mass is 325 g/mol. The van der Waals surface area contributed by atoms with Gasteiger partial charge in [-0.2, -0.15) is 0 Å². The number of aromatic carboxylic acids is 1. The van der Waals surface area contributed by atoms with Gasteiger partial charge in [-0.1, -0.05) is 19.1 Å². The highest BCUT2D eigenvalue weighted by atomic mass is 16.4. The maximum atomic E-state index is 11.2. The largest absolute Gasteiger partial charge is 0.478 e. The molecule has 0 spiro atoms. The number of benzene rings is 1. The van der Waals surface area contributed by atoms with E-state index in [1.807, 2.05) is 30.6 Å². The molecule has 0 unspecified atom stereocenters. The van der Waals surface area contributed by atoms with Crippen LogP contribution in [0.1, 0.15) is 53.0 Å². The van der Waals surface area contributed by atoms with E-state index in [4.69, 9.17) is 0 Å². The van der Waals surface area contributed by atoms with Gasteiger partial charge in [-0.3, -0.25) is 4.90 Å². The number of carboxylic acids is 1. The second-order valence-electron chi connectivity index (χ2n) is 6.37.